The number of rotatable bonds is 4. The number of nitrogens with zero attached hydrogens (tertiary/aromatic N) is 2. The largest absolute Gasteiger partial charge is 0.375 e. The Morgan fingerprint density at radius 3 is 3.06 bits per heavy atom. The quantitative estimate of drug-likeness (QED) is 0.769. The lowest BCUT2D eigenvalue weighted by atomic mass is 10.2. The number of nitrogens with one attached hydrogen (secondary N) is 1. The fourth-order valence-electron chi connectivity index (χ4n) is 1.76. The summed E-state index contributed by atoms with van der Waals surface area (Å²) in [5.74, 6) is 0. The number of nitrogens with two attached hydrogens (primary N) is 1. The second kappa shape index (κ2) is 5.01. The summed E-state index contributed by atoms with van der Waals surface area (Å²) in [5.41, 5.74) is 10.8. The van der Waals surface area contributed by atoms with E-state index >= 15 is 0 Å². The van der Waals surface area contributed by atoms with Gasteiger partial charge >= 0.3 is 0 Å². The average molecular weight is 276 g/mol. The highest BCUT2D eigenvalue weighted by Crippen LogP contribution is 2.24. The van der Waals surface area contributed by atoms with E-state index in [9.17, 15) is 0 Å². The molecule has 0 spiro atoms. The summed E-state index contributed by atoms with van der Waals surface area (Å²) in [6.45, 7) is 1.62. The molecular weight excluding hydrogens is 264 g/mol. The highest BCUT2D eigenvalue weighted by Gasteiger charge is 2.02. The molecule has 2 heterocycles. The molecule has 0 amide bonds. The van der Waals surface area contributed by atoms with E-state index in [0.29, 0.717) is 5.13 Å². The minimum atomic E-state index is 0.623. The highest BCUT2D eigenvalue weighted by molar-refractivity contribution is 7.22. The summed E-state index contributed by atoms with van der Waals surface area (Å²) < 4.78 is 1.14. The number of thiazole rings is 2. The van der Waals surface area contributed by atoms with Crippen molar-refractivity contribution in [2.75, 3.05) is 5.73 Å². The monoisotopic (exact) mass is 276 g/mol. The van der Waals surface area contributed by atoms with Crippen LogP contribution in [0.25, 0.3) is 10.2 Å². The topological polar surface area (TPSA) is 63.8 Å². The van der Waals surface area contributed by atoms with Crippen molar-refractivity contribution in [1.82, 2.24) is 15.3 Å². The van der Waals surface area contributed by atoms with Gasteiger partial charge in [0.05, 0.1) is 21.4 Å². The molecular formula is C12H12N4S2. The van der Waals surface area contributed by atoms with Gasteiger partial charge in [0.1, 0.15) is 0 Å². The second-order valence-electron chi connectivity index (χ2n) is 3.94. The molecule has 92 valence electrons. The van der Waals surface area contributed by atoms with Gasteiger partial charge in [-0.15, -0.1) is 11.3 Å². The lowest BCUT2D eigenvalue weighted by Gasteiger charge is -2.02. The van der Waals surface area contributed by atoms with Crippen LogP contribution < -0.4 is 11.1 Å². The van der Waals surface area contributed by atoms with Gasteiger partial charge in [0, 0.05) is 18.5 Å². The maximum atomic E-state index is 5.69. The van der Waals surface area contributed by atoms with Crippen molar-refractivity contribution in [2.45, 2.75) is 13.1 Å². The van der Waals surface area contributed by atoms with Crippen molar-refractivity contribution in [3.8, 4) is 0 Å². The molecule has 2 aromatic heterocycles. The first-order valence-electron chi connectivity index (χ1n) is 5.54. The molecule has 0 saturated heterocycles. The van der Waals surface area contributed by atoms with Crippen molar-refractivity contribution < 1.29 is 0 Å². The van der Waals surface area contributed by atoms with Gasteiger partial charge in [0.2, 0.25) is 0 Å². The zero-order valence-corrected chi connectivity index (χ0v) is 11.2. The molecule has 0 aliphatic rings. The van der Waals surface area contributed by atoms with E-state index in [1.54, 1.807) is 11.3 Å². The zero-order chi connectivity index (χ0) is 12.4. The molecule has 3 aromatic rings. The molecule has 0 aliphatic carbocycles. The van der Waals surface area contributed by atoms with E-state index in [0.717, 1.165) is 29.0 Å². The second-order valence-corrected chi connectivity index (χ2v) is 5.72. The van der Waals surface area contributed by atoms with Crippen LogP contribution in [0.4, 0.5) is 5.13 Å². The molecule has 4 nitrogen and oxygen atoms in total. The van der Waals surface area contributed by atoms with E-state index in [2.05, 4.69) is 32.8 Å². The normalized spacial score (nSPS) is 11.1. The van der Waals surface area contributed by atoms with Gasteiger partial charge < -0.3 is 11.1 Å². The number of hydrogen-bond donors (Lipinski definition) is 2. The number of nitrogen functional groups attached to an aromatic ring is 1. The van der Waals surface area contributed by atoms with Crippen LogP contribution in [0.2, 0.25) is 0 Å². The van der Waals surface area contributed by atoms with Crippen LogP contribution in [0.15, 0.2) is 29.1 Å². The summed E-state index contributed by atoms with van der Waals surface area (Å²) >= 11 is 3.14. The molecule has 3 rings (SSSR count). The molecule has 0 fully saturated rings. The van der Waals surface area contributed by atoms with Crippen LogP contribution in [-0.2, 0) is 13.1 Å². The predicted octanol–water partition coefficient (Wildman–Crippen LogP) is 2.62. The first kappa shape index (κ1) is 11.6. The molecule has 0 aliphatic heterocycles. The van der Waals surface area contributed by atoms with Gasteiger partial charge in [-0.1, -0.05) is 17.4 Å². The third kappa shape index (κ3) is 2.50. The van der Waals surface area contributed by atoms with Crippen LogP contribution >= 0.6 is 22.7 Å². The minimum Gasteiger partial charge on any atom is -0.375 e. The summed E-state index contributed by atoms with van der Waals surface area (Å²) in [5, 5.41) is 6.05. The number of fused-ring (bicyclic) bond motifs is 1. The van der Waals surface area contributed by atoms with Gasteiger partial charge in [-0.05, 0) is 17.7 Å². The van der Waals surface area contributed by atoms with Crippen LogP contribution in [0.1, 0.15) is 11.3 Å². The Morgan fingerprint density at radius 1 is 1.28 bits per heavy atom. The summed E-state index contributed by atoms with van der Waals surface area (Å²) in [7, 11) is 0. The standard InChI is InChI=1S/C12H12N4S2/c13-12-16-10-2-1-8(3-11(10)18-12)4-14-5-9-6-17-7-15-9/h1-3,6-7,14H,4-5H2,(H2,13,16). The van der Waals surface area contributed by atoms with Crippen molar-refractivity contribution >= 4 is 38.0 Å². The highest BCUT2D eigenvalue weighted by atomic mass is 32.1. The summed E-state index contributed by atoms with van der Waals surface area (Å²) in [6.07, 6.45) is 0. The number of anilines is 1. The smallest absolute Gasteiger partial charge is 0.181 e. The minimum absolute atomic E-state index is 0.623. The van der Waals surface area contributed by atoms with Crippen molar-refractivity contribution in [3.63, 3.8) is 0 Å². The Balaban J connectivity index is 1.67. The third-order valence-corrected chi connectivity index (χ3v) is 4.07. The average Bonchev–Trinajstić information content (AvgIpc) is 2.96. The van der Waals surface area contributed by atoms with E-state index in [4.69, 9.17) is 5.73 Å². The van der Waals surface area contributed by atoms with Gasteiger partial charge in [0.25, 0.3) is 0 Å². The Hall–Kier alpha value is -1.50. The molecule has 0 unspecified atom stereocenters. The molecule has 0 atom stereocenters. The van der Waals surface area contributed by atoms with Crippen LogP contribution in [0.5, 0.6) is 0 Å². The van der Waals surface area contributed by atoms with Gasteiger partial charge in [0.15, 0.2) is 5.13 Å². The van der Waals surface area contributed by atoms with Crippen LogP contribution in [0, 0.1) is 0 Å². The number of aromatic nitrogens is 2. The van der Waals surface area contributed by atoms with Crippen LogP contribution in [0.3, 0.4) is 0 Å². The Kier molecular flexibility index (Phi) is 3.22. The molecule has 6 heteroatoms. The van der Waals surface area contributed by atoms with E-state index < -0.39 is 0 Å². The maximum Gasteiger partial charge on any atom is 0.181 e. The third-order valence-electron chi connectivity index (χ3n) is 2.59. The summed E-state index contributed by atoms with van der Waals surface area (Å²) in [6, 6.07) is 6.23. The summed E-state index contributed by atoms with van der Waals surface area (Å²) in [4.78, 5) is 8.47. The van der Waals surface area contributed by atoms with Crippen molar-refractivity contribution in [3.05, 3.63) is 40.3 Å². The maximum absolute atomic E-state index is 5.69. The molecule has 18 heavy (non-hydrogen) atoms. The molecule has 0 radical (unpaired) electrons. The molecule has 0 bridgehead atoms. The lowest BCUT2D eigenvalue weighted by molar-refractivity contribution is 0.683. The van der Waals surface area contributed by atoms with Crippen molar-refractivity contribution in [1.29, 1.82) is 0 Å². The predicted molar refractivity (Wildman–Crippen MR) is 76.7 cm³/mol. The number of hydrogen-bond acceptors (Lipinski definition) is 6. The van der Waals surface area contributed by atoms with E-state index in [-0.39, 0.29) is 0 Å². The van der Waals surface area contributed by atoms with Gasteiger partial charge in [-0.2, -0.15) is 0 Å². The Labute approximate surface area is 113 Å². The fourth-order valence-corrected chi connectivity index (χ4v) is 3.11. The van der Waals surface area contributed by atoms with E-state index in [1.807, 2.05) is 11.6 Å². The SMILES string of the molecule is Nc1nc2ccc(CNCc3cscn3)cc2s1. The molecule has 0 saturated carbocycles. The van der Waals surface area contributed by atoms with Gasteiger partial charge in [-0.25, -0.2) is 9.97 Å². The van der Waals surface area contributed by atoms with E-state index in [1.165, 1.54) is 16.9 Å². The fraction of sp³-hybridized carbons (Fsp3) is 0.167. The molecule has 1 aromatic carbocycles. The Bertz CT molecular complexity index is 645. The number of benzene rings is 1. The zero-order valence-electron chi connectivity index (χ0n) is 9.59. The van der Waals surface area contributed by atoms with Crippen LogP contribution in [-0.4, -0.2) is 9.97 Å². The van der Waals surface area contributed by atoms with Crippen molar-refractivity contribution in [2.24, 2.45) is 0 Å². The van der Waals surface area contributed by atoms with Gasteiger partial charge in [-0.3, -0.25) is 0 Å². The molecule has 3 N–H and O–H groups in total. The Morgan fingerprint density at radius 2 is 2.22 bits per heavy atom. The first-order chi connectivity index (χ1) is 8.81. The first-order valence-corrected chi connectivity index (χ1v) is 7.30. The lowest BCUT2D eigenvalue weighted by Crippen LogP contribution is -2.12.